The molecule has 1 aromatic rings. The SMILES string of the molecule is CC(C)Cc1ccc(CN2CCN(CC(=O)O)C(=O)[C@@H]2C)s1. The largest absolute Gasteiger partial charge is 0.480 e. The Morgan fingerprint density at radius 1 is 1.36 bits per heavy atom. The second kappa shape index (κ2) is 7.24. The molecule has 1 saturated heterocycles. The quantitative estimate of drug-likeness (QED) is 0.870. The van der Waals surface area contributed by atoms with Gasteiger partial charge in [0, 0.05) is 29.4 Å². The Hall–Kier alpha value is -1.40. The van der Waals surface area contributed by atoms with Crippen LogP contribution >= 0.6 is 11.3 Å². The molecule has 0 aliphatic carbocycles. The van der Waals surface area contributed by atoms with Crippen LogP contribution in [-0.2, 0) is 22.6 Å². The van der Waals surface area contributed by atoms with Crippen LogP contribution in [0.25, 0.3) is 0 Å². The summed E-state index contributed by atoms with van der Waals surface area (Å²) in [4.78, 5) is 29.2. The third-order valence-corrected chi connectivity index (χ3v) is 4.98. The third kappa shape index (κ3) is 4.30. The van der Waals surface area contributed by atoms with Gasteiger partial charge < -0.3 is 10.0 Å². The summed E-state index contributed by atoms with van der Waals surface area (Å²) in [5, 5.41) is 8.84. The number of thiophene rings is 1. The maximum atomic E-state index is 12.2. The first kappa shape index (κ1) is 17.0. The van der Waals surface area contributed by atoms with E-state index in [9.17, 15) is 9.59 Å². The van der Waals surface area contributed by atoms with Crippen molar-refractivity contribution in [1.29, 1.82) is 0 Å². The van der Waals surface area contributed by atoms with Gasteiger partial charge in [-0.05, 0) is 31.4 Å². The highest BCUT2D eigenvalue weighted by atomic mass is 32.1. The molecule has 1 amide bonds. The van der Waals surface area contributed by atoms with Crippen LogP contribution in [0.4, 0.5) is 0 Å². The summed E-state index contributed by atoms with van der Waals surface area (Å²) in [6.45, 7) is 8.05. The highest BCUT2D eigenvalue weighted by Crippen LogP contribution is 2.23. The molecule has 0 unspecified atom stereocenters. The Morgan fingerprint density at radius 2 is 2.05 bits per heavy atom. The molecule has 22 heavy (non-hydrogen) atoms. The first-order valence-electron chi connectivity index (χ1n) is 7.69. The van der Waals surface area contributed by atoms with E-state index in [0.29, 0.717) is 12.5 Å². The number of hydrogen-bond acceptors (Lipinski definition) is 4. The molecule has 0 saturated carbocycles. The van der Waals surface area contributed by atoms with Crippen LogP contribution in [0.3, 0.4) is 0 Å². The van der Waals surface area contributed by atoms with E-state index in [0.717, 1.165) is 19.5 Å². The van der Waals surface area contributed by atoms with Gasteiger partial charge in [0.15, 0.2) is 0 Å². The zero-order chi connectivity index (χ0) is 16.3. The Kier molecular flexibility index (Phi) is 5.58. The number of amides is 1. The zero-order valence-corrected chi connectivity index (χ0v) is 14.2. The summed E-state index contributed by atoms with van der Waals surface area (Å²) in [5.74, 6) is -0.398. The summed E-state index contributed by atoms with van der Waals surface area (Å²) < 4.78 is 0. The molecule has 0 bridgehead atoms. The molecule has 2 rings (SSSR count). The fourth-order valence-electron chi connectivity index (χ4n) is 2.73. The monoisotopic (exact) mass is 324 g/mol. The van der Waals surface area contributed by atoms with Crippen LogP contribution < -0.4 is 0 Å². The summed E-state index contributed by atoms with van der Waals surface area (Å²) in [6, 6.07) is 4.06. The second-order valence-corrected chi connectivity index (χ2v) is 7.52. The molecule has 2 heterocycles. The van der Waals surface area contributed by atoms with Crippen molar-refractivity contribution in [3.8, 4) is 0 Å². The minimum atomic E-state index is -0.953. The lowest BCUT2D eigenvalue weighted by atomic mass is 10.1. The Labute approximate surface area is 135 Å². The van der Waals surface area contributed by atoms with E-state index >= 15 is 0 Å². The van der Waals surface area contributed by atoms with Crippen LogP contribution in [0.15, 0.2) is 12.1 Å². The van der Waals surface area contributed by atoms with Crippen molar-refractivity contribution in [2.75, 3.05) is 19.6 Å². The summed E-state index contributed by atoms with van der Waals surface area (Å²) in [5.41, 5.74) is 0. The van der Waals surface area contributed by atoms with Crippen LogP contribution in [0.5, 0.6) is 0 Å². The first-order valence-corrected chi connectivity index (χ1v) is 8.50. The number of carboxylic acids is 1. The van der Waals surface area contributed by atoms with Crippen molar-refractivity contribution in [3.63, 3.8) is 0 Å². The molecule has 1 aromatic heterocycles. The van der Waals surface area contributed by atoms with E-state index in [1.54, 1.807) is 0 Å². The minimum absolute atomic E-state index is 0.0902. The summed E-state index contributed by atoms with van der Waals surface area (Å²) in [7, 11) is 0. The molecule has 0 radical (unpaired) electrons. The standard InChI is InChI=1S/C16H24N2O3S/c1-11(2)8-13-4-5-14(22-13)9-17-6-7-18(10-15(19)20)16(21)12(17)3/h4-5,11-12H,6-10H2,1-3H3,(H,19,20)/t12-/m0/s1. The number of piperazine rings is 1. The van der Waals surface area contributed by atoms with Crippen molar-refractivity contribution in [2.45, 2.75) is 39.8 Å². The maximum absolute atomic E-state index is 12.2. The van der Waals surface area contributed by atoms with Gasteiger partial charge in [0.1, 0.15) is 6.54 Å². The first-order chi connectivity index (χ1) is 10.4. The van der Waals surface area contributed by atoms with E-state index in [1.807, 2.05) is 18.3 Å². The van der Waals surface area contributed by atoms with Crippen LogP contribution in [0, 0.1) is 5.92 Å². The van der Waals surface area contributed by atoms with Gasteiger partial charge >= 0.3 is 5.97 Å². The molecule has 1 aliphatic rings. The van der Waals surface area contributed by atoms with Crippen LogP contribution in [-0.4, -0.2) is 52.5 Å². The van der Waals surface area contributed by atoms with Crippen LogP contribution in [0.1, 0.15) is 30.5 Å². The smallest absolute Gasteiger partial charge is 0.323 e. The van der Waals surface area contributed by atoms with Crippen molar-refractivity contribution >= 4 is 23.2 Å². The van der Waals surface area contributed by atoms with E-state index in [4.69, 9.17) is 5.11 Å². The second-order valence-electron chi connectivity index (χ2n) is 6.27. The number of carbonyl (C=O) groups is 2. The van der Waals surface area contributed by atoms with E-state index in [2.05, 4.69) is 30.9 Å². The maximum Gasteiger partial charge on any atom is 0.323 e. The molecule has 1 N–H and O–H groups in total. The van der Waals surface area contributed by atoms with Crippen molar-refractivity contribution in [3.05, 3.63) is 21.9 Å². The highest BCUT2D eigenvalue weighted by molar-refractivity contribution is 7.11. The van der Waals surface area contributed by atoms with Gasteiger partial charge in [-0.1, -0.05) is 13.8 Å². The number of rotatable bonds is 6. The van der Waals surface area contributed by atoms with Gasteiger partial charge in [-0.15, -0.1) is 11.3 Å². The molecule has 0 aromatic carbocycles. The lowest BCUT2D eigenvalue weighted by Gasteiger charge is -2.38. The van der Waals surface area contributed by atoms with Gasteiger partial charge in [0.05, 0.1) is 6.04 Å². The fraction of sp³-hybridized carbons (Fsp3) is 0.625. The minimum Gasteiger partial charge on any atom is -0.480 e. The lowest BCUT2D eigenvalue weighted by molar-refractivity contribution is -0.150. The average Bonchev–Trinajstić information content (AvgIpc) is 2.84. The van der Waals surface area contributed by atoms with Gasteiger partial charge in [-0.25, -0.2) is 0 Å². The molecule has 1 fully saturated rings. The van der Waals surface area contributed by atoms with E-state index in [1.165, 1.54) is 14.7 Å². The molecular formula is C16H24N2O3S. The Balaban J connectivity index is 1.95. The number of carbonyl (C=O) groups excluding carboxylic acids is 1. The van der Waals surface area contributed by atoms with Crippen molar-refractivity contribution in [2.24, 2.45) is 5.92 Å². The number of aliphatic carboxylic acids is 1. The molecule has 1 atom stereocenters. The number of carboxylic acid groups (broad SMARTS) is 1. The molecule has 6 heteroatoms. The molecule has 5 nitrogen and oxygen atoms in total. The summed E-state index contributed by atoms with van der Waals surface area (Å²) >= 11 is 1.81. The van der Waals surface area contributed by atoms with Crippen molar-refractivity contribution < 1.29 is 14.7 Å². The number of nitrogens with zero attached hydrogens (tertiary/aromatic N) is 2. The van der Waals surface area contributed by atoms with Gasteiger partial charge in [0.2, 0.25) is 5.91 Å². The third-order valence-electron chi connectivity index (χ3n) is 3.89. The van der Waals surface area contributed by atoms with E-state index < -0.39 is 5.97 Å². The molecular weight excluding hydrogens is 300 g/mol. The predicted molar refractivity (Wildman–Crippen MR) is 86.9 cm³/mol. The van der Waals surface area contributed by atoms with Gasteiger partial charge in [-0.2, -0.15) is 0 Å². The number of hydrogen-bond donors (Lipinski definition) is 1. The van der Waals surface area contributed by atoms with Crippen LogP contribution in [0.2, 0.25) is 0 Å². The summed E-state index contributed by atoms with van der Waals surface area (Å²) in [6.07, 6.45) is 1.09. The normalized spacial score (nSPS) is 19.9. The van der Waals surface area contributed by atoms with E-state index in [-0.39, 0.29) is 18.5 Å². The Bertz CT molecular complexity index is 541. The lowest BCUT2D eigenvalue weighted by Crippen LogP contribution is -2.56. The molecule has 122 valence electrons. The van der Waals surface area contributed by atoms with Gasteiger partial charge in [0.25, 0.3) is 0 Å². The molecule has 0 spiro atoms. The highest BCUT2D eigenvalue weighted by Gasteiger charge is 2.32. The zero-order valence-electron chi connectivity index (χ0n) is 13.4. The predicted octanol–water partition coefficient (Wildman–Crippen LogP) is 2.06. The fourth-order valence-corrected chi connectivity index (χ4v) is 3.99. The van der Waals surface area contributed by atoms with Gasteiger partial charge in [-0.3, -0.25) is 14.5 Å². The average molecular weight is 324 g/mol. The Morgan fingerprint density at radius 3 is 2.68 bits per heavy atom. The molecule has 1 aliphatic heterocycles. The topological polar surface area (TPSA) is 60.9 Å². The van der Waals surface area contributed by atoms with Crippen molar-refractivity contribution in [1.82, 2.24) is 9.80 Å².